The van der Waals surface area contributed by atoms with Gasteiger partial charge in [-0.2, -0.15) is 9.78 Å². The van der Waals surface area contributed by atoms with Crippen molar-refractivity contribution < 1.29 is 23.5 Å². The molecule has 2 heterocycles. The van der Waals surface area contributed by atoms with E-state index >= 15 is 0 Å². The fourth-order valence-corrected chi connectivity index (χ4v) is 3.78. The fourth-order valence-electron chi connectivity index (χ4n) is 3.78. The number of piperidine rings is 1. The Balaban J connectivity index is 1.76. The lowest BCUT2D eigenvalue weighted by atomic mass is 9.90. The number of nitrogens with zero attached hydrogens (tertiary/aromatic N) is 4. The van der Waals surface area contributed by atoms with E-state index in [1.807, 2.05) is 0 Å². The zero-order chi connectivity index (χ0) is 25.0. The molecule has 1 fully saturated rings. The van der Waals surface area contributed by atoms with E-state index in [2.05, 4.69) is 5.10 Å². The molecule has 180 valence electrons. The first-order valence-electron chi connectivity index (χ1n) is 10.7. The van der Waals surface area contributed by atoms with Gasteiger partial charge in [-0.15, -0.1) is 0 Å². The maximum atomic E-state index is 13.2. The van der Waals surface area contributed by atoms with Gasteiger partial charge in [0.2, 0.25) is 5.84 Å². The smallest absolute Gasteiger partial charge is 0.297 e. The van der Waals surface area contributed by atoms with Crippen LogP contribution >= 0.6 is 0 Å². The second-order valence-electron chi connectivity index (χ2n) is 8.30. The molecule has 2 aromatic rings. The Morgan fingerprint density at radius 3 is 2.35 bits per heavy atom. The number of likely N-dealkylation sites (N-methyl/N-ethyl adjacent to an activating group) is 1. The number of benzene rings is 1. The Kier molecular flexibility index (Phi) is 7.54. The Labute approximate surface area is 195 Å². The van der Waals surface area contributed by atoms with Crippen LogP contribution in [-0.4, -0.2) is 77.3 Å². The highest BCUT2D eigenvalue weighted by molar-refractivity contribution is 6.63. The number of amides is 2. The molecule has 0 spiro atoms. The highest BCUT2D eigenvalue weighted by atomic mass is 19.1. The molecule has 0 bridgehead atoms. The SMILES string of the molecule is COc1cc(=N)n(C(=N)C(=O)C(=O)N(C)C)nc1C(=O)N1CCC(Cc2ccc(F)cc2)CC1. The third kappa shape index (κ3) is 5.36. The third-order valence-corrected chi connectivity index (χ3v) is 5.72. The lowest BCUT2D eigenvalue weighted by molar-refractivity contribution is -0.139. The van der Waals surface area contributed by atoms with E-state index in [4.69, 9.17) is 15.6 Å². The van der Waals surface area contributed by atoms with E-state index in [9.17, 15) is 18.8 Å². The van der Waals surface area contributed by atoms with Crippen molar-refractivity contribution in [2.45, 2.75) is 19.3 Å². The summed E-state index contributed by atoms with van der Waals surface area (Å²) in [6.45, 7) is 0.932. The number of methoxy groups -OCH3 is 1. The van der Waals surface area contributed by atoms with Crippen LogP contribution in [0, 0.1) is 22.6 Å². The average molecular weight is 471 g/mol. The lowest BCUT2D eigenvalue weighted by Crippen LogP contribution is -2.44. The molecule has 0 aliphatic carbocycles. The number of aromatic nitrogens is 2. The monoisotopic (exact) mass is 470 g/mol. The molecule has 0 saturated carbocycles. The molecule has 1 aromatic carbocycles. The van der Waals surface area contributed by atoms with Crippen LogP contribution in [0.15, 0.2) is 30.3 Å². The molecule has 11 heteroatoms. The van der Waals surface area contributed by atoms with E-state index < -0.39 is 23.4 Å². The fraction of sp³-hybridized carbons (Fsp3) is 0.391. The molecule has 3 rings (SSSR count). The van der Waals surface area contributed by atoms with Crippen LogP contribution in [0.3, 0.4) is 0 Å². The Morgan fingerprint density at radius 1 is 1.18 bits per heavy atom. The molecule has 0 atom stereocenters. The summed E-state index contributed by atoms with van der Waals surface area (Å²) >= 11 is 0. The number of carbonyl (C=O) groups is 3. The molecule has 1 aliphatic heterocycles. The number of halogens is 1. The molecule has 0 unspecified atom stereocenters. The number of ether oxygens (including phenoxy) is 1. The van der Waals surface area contributed by atoms with Gasteiger partial charge in [0.15, 0.2) is 16.9 Å². The predicted molar refractivity (Wildman–Crippen MR) is 120 cm³/mol. The van der Waals surface area contributed by atoms with Gasteiger partial charge in [-0.25, -0.2) is 4.39 Å². The maximum Gasteiger partial charge on any atom is 0.297 e. The number of nitrogens with one attached hydrogen (secondary N) is 2. The van der Waals surface area contributed by atoms with Crippen molar-refractivity contribution in [2.24, 2.45) is 5.92 Å². The molecule has 1 saturated heterocycles. The lowest BCUT2D eigenvalue weighted by Gasteiger charge is -2.32. The van der Waals surface area contributed by atoms with Gasteiger partial charge in [-0.05, 0) is 42.9 Å². The van der Waals surface area contributed by atoms with E-state index in [1.54, 1.807) is 17.0 Å². The average Bonchev–Trinajstić information content (AvgIpc) is 2.83. The highest BCUT2D eigenvalue weighted by Gasteiger charge is 2.29. The largest absolute Gasteiger partial charge is 0.494 e. The summed E-state index contributed by atoms with van der Waals surface area (Å²) in [5.41, 5.74) is 0.513. The summed E-state index contributed by atoms with van der Waals surface area (Å²) in [7, 11) is 4.07. The van der Waals surface area contributed by atoms with E-state index in [0.29, 0.717) is 23.7 Å². The minimum absolute atomic E-state index is 0.0406. The van der Waals surface area contributed by atoms with Crippen molar-refractivity contribution in [1.82, 2.24) is 19.6 Å². The predicted octanol–water partition coefficient (Wildman–Crippen LogP) is 1.09. The van der Waals surface area contributed by atoms with Crippen molar-refractivity contribution in [3.63, 3.8) is 0 Å². The van der Waals surface area contributed by atoms with Gasteiger partial charge in [-0.1, -0.05) is 12.1 Å². The molecule has 1 aliphatic rings. The van der Waals surface area contributed by atoms with Gasteiger partial charge in [0.05, 0.1) is 7.11 Å². The number of hydrogen-bond acceptors (Lipinski definition) is 7. The molecule has 34 heavy (non-hydrogen) atoms. The van der Waals surface area contributed by atoms with Crippen LogP contribution in [0.4, 0.5) is 4.39 Å². The van der Waals surface area contributed by atoms with Gasteiger partial charge < -0.3 is 14.5 Å². The molecule has 0 radical (unpaired) electrons. The van der Waals surface area contributed by atoms with Gasteiger partial charge >= 0.3 is 0 Å². The van der Waals surface area contributed by atoms with Crippen LogP contribution in [-0.2, 0) is 16.0 Å². The zero-order valence-corrected chi connectivity index (χ0v) is 19.3. The van der Waals surface area contributed by atoms with Crippen molar-refractivity contribution in [3.8, 4) is 5.75 Å². The quantitative estimate of drug-likeness (QED) is 0.371. The van der Waals surface area contributed by atoms with Crippen LogP contribution in [0.5, 0.6) is 5.75 Å². The zero-order valence-electron chi connectivity index (χ0n) is 19.3. The number of Topliss-reactive ketones (excluding diaryl/α,β-unsaturated/α-hetero) is 1. The summed E-state index contributed by atoms with van der Waals surface area (Å²) < 4.78 is 19.0. The van der Waals surface area contributed by atoms with Crippen LogP contribution in [0.2, 0.25) is 0 Å². The van der Waals surface area contributed by atoms with Gasteiger partial charge in [0.25, 0.3) is 17.6 Å². The third-order valence-electron chi connectivity index (χ3n) is 5.72. The molecule has 1 aromatic heterocycles. The Morgan fingerprint density at radius 2 is 1.79 bits per heavy atom. The molecule has 2 amide bonds. The van der Waals surface area contributed by atoms with Crippen LogP contribution in [0.1, 0.15) is 28.9 Å². The van der Waals surface area contributed by atoms with E-state index in [1.165, 1.54) is 39.4 Å². The molecular weight excluding hydrogens is 443 g/mol. The van der Waals surface area contributed by atoms with E-state index in [-0.39, 0.29) is 22.7 Å². The summed E-state index contributed by atoms with van der Waals surface area (Å²) in [6, 6.07) is 7.58. The Bertz CT molecular complexity index is 1170. The second kappa shape index (κ2) is 10.4. The van der Waals surface area contributed by atoms with Crippen LogP contribution < -0.4 is 10.2 Å². The van der Waals surface area contributed by atoms with E-state index in [0.717, 1.165) is 29.7 Å². The van der Waals surface area contributed by atoms with Gasteiger partial charge in [0, 0.05) is 33.3 Å². The molecule has 2 N–H and O–H groups in total. The minimum atomic E-state index is -1.15. The first-order chi connectivity index (χ1) is 16.1. The number of rotatable bonds is 6. The molecular formula is C23H27FN6O4. The van der Waals surface area contributed by atoms with Crippen molar-refractivity contribution >= 4 is 23.4 Å². The van der Waals surface area contributed by atoms with Crippen molar-refractivity contribution in [1.29, 1.82) is 10.8 Å². The minimum Gasteiger partial charge on any atom is -0.494 e. The number of carbonyl (C=O) groups excluding carboxylic acids is 3. The summed E-state index contributed by atoms with van der Waals surface area (Å²) in [5, 5.41) is 20.2. The van der Waals surface area contributed by atoms with Crippen LogP contribution in [0.25, 0.3) is 0 Å². The Hall–Kier alpha value is -3.89. The summed E-state index contributed by atoms with van der Waals surface area (Å²) in [4.78, 5) is 40.1. The number of hydrogen-bond donors (Lipinski definition) is 2. The topological polar surface area (TPSA) is 132 Å². The normalized spacial score (nSPS) is 13.9. The summed E-state index contributed by atoms with van der Waals surface area (Å²) in [5.74, 6) is -3.27. The van der Waals surface area contributed by atoms with Crippen molar-refractivity contribution in [3.05, 3.63) is 52.9 Å². The first kappa shape index (κ1) is 24.7. The number of ketones is 1. The van der Waals surface area contributed by atoms with Gasteiger partial charge in [0.1, 0.15) is 5.82 Å². The highest BCUT2D eigenvalue weighted by Crippen LogP contribution is 2.24. The maximum absolute atomic E-state index is 13.2. The van der Waals surface area contributed by atoms with Gasteiger partial charge in [-0.3, -0.25) is 25.2 Å². The first-order valence-corrected chi connectivity index (χ1v) is 10.7. The number of likely N-dealkylation sites (tertiary alicyclic amines) is 1. The standard InChI is InChI=1S/C23H27FN6O4/c1-28(2)23(33)20(31)21(26)30-18(25)13-17(34-3)19(27-30)22(32)29-10-8-15(9-11-29)12-14-4-6-16(24)7-5-14/h4-7,13,15,25-26H,8-12H2,1-3H3. The summed E-state index contributed by atoms with van der Waals surface area (Å²) in [6.07, 6.45) is 2.28. The second-order valence-corrected chi connectivity index (χ2v) is 8.30. The molecule has 10 nitrogen and oxygen atoms in total. The van der Waals surface area contributed by atoms with Crippen molar-refractivity contribution in [2.75, 3.05) is 34.3 Å².